The fraction of sp³-hybridized carbons (Fsp3) is 0.412. The van der Waals surface area contributed by atoms with E-state index < -0.39 is 0 Å². The monoisotopic (exact) mass is 381 g/mol. The van der Waals surface area contributed by atoms with Gasteiger partial charge in [-0.3, -0.25) is 9.59 Å². The number of amides is 2. The Bertz CT molecular complexity index is 733. The number of halogens is 1. The van der Waals surface area contributed by atoms with Crippen LogP contribution in [0.3, 0.4) is 0 Å². The maximum Gasteiger partial charge on any atom is 0.253 e. The van der Waals surface area contributed by atoms with E-state index in [0.717, 1.165) is 0 Å². The molecule has 2 rings (SSSR count). The second-order valence-electron chi connectivity index (χ2n) is 5.84. The van der Waals surface area contributed by atoms with E-state index >= 15 is 0 Å². The molecular formula is C17H24ClN5O3. The van der Waals surface area contributed by atoms with Crippen molar-refractivity contribution in [1.29, 1.82) is 0 Å². The molecule has 2 aromatic rings. The molecule has 1 aromatic heterocycles. The Balaban J connectivity index is 0.00000338. The predicted molar refractivity (Wildman–Crippen MR) is 100 cm³/mol. The molecule has 0 fully saturated rings. The zero-order valence-electron chi connectivity index (χ0n) is 14.8. The Labute approximate surface area is 158 Å². The summed E-state index contributed by atoms with van der Waals surface area (Å²) in [7, 11) is 0. The van der Waals surface area contributed by atoms with Crippen LogP contribution in [0.25, 0.3) is 0 Å². The predicted octanol–water partition coefficient (Wildman–Crippen LogP) is 1.87. The first-order valence-corrected chi connectivity index (χ1v) is 8.21. The molecule has 1 aromatic carbocycles. The van der Waals surface area contributed by atoms with Crippen LogP contribution < -0.4 is 16.4 Å². The summed E-state index contributed by atoms with van der Waals surface area (Å²) in [6.07, 6.45) is 0.519. The highest BCUT2D eigenvalue weighted by atomic mass is 35.5. The van der Waals surface area contributed by atoms with Crippen LogP contribution in [0, 0.1) is 0 Å². The molecule has 0 aliphatic rings. The molecule has 0 spiro atoms. The van der Waals surface area contributed by atoms with E-state index in [-0.39, 0.29) is 36.6 Å². The van der Waals surface area contributed by atoms with E-state index in [0.29, 0.717) is 42.5 Å². The number of hydrogen-bond donors (Lipinski definition) is 3. The van der Waals surface area contributed by atoms with E-state index in [4.69, 9.17) is 10.3 Å². The smallest absolute Gasteiger partial charge is 0.253 e. The molecular weight excluding hydrogens is 358 g/mol. The summed E-state index contributed by atoms with van der Waals surface area (Å²) in [4.78, 5) is 28.5. The Hall–Kier alpha value is -2.45. The minimum absolute atomic E-state index is 0. The van der Waals surface area contributed by atoms with Crippen molar-refractivity contribution in [3.05, 3.63) is 41.5 Å². The number of carbonyl (C=O) groups excluding carboxylic acids is 2. The SMILES string of the molecule is CC(C)c1noc(CCC(=O)Nc2ccccc2C(=O)NCCN)n1.Cl. The lowest BCUT2D eigenvalue weighted by atomic mass is 10.1. The summed E-state index contributed by atoms with van der Waals surface area (Å²) in [5.41, 5.74) is 6.23. The topological polar surface area (TPSA) is 123 Å². The zero-order valence-corrected chi connectivity index (χ0v) is 15.6. The van der Waals surface area contributed by atoms with Crippen molar-refractivity contribution < 1.29 is 14.1 Å². The summed E-state index contributed by atoms with van der Waals surface area (Å²) in [5.74, 6) is 0.707. The zero-order chi connectivity index (χ0) is 18.2. The Morgan fingerprint density at radius 3 is 2.65 bits per heavy atom. The average molecular weight is 382 g/mol. The number of para-hydroxylation sites is 1. The van der Waals surface area contributed by atoms with Gasteiger partial charge in [-0.05, 0) is 12.1 Å². The van der Waals surface area contributed by atoms with Gasteiger partial charge in [0.25, 0.3) is 5.91 Å². The first-order chi connectivity index (χ1) is 12.0. The maximum atomic E-state index is 12.2. The third-order valence-electron chi connectivity index (χ3n) is 3.44. The van der Waals surface area contributed by atoms with Crippen LogP contribution in [-0.4, -0.2) is 35.0 Å². The number of rotatable bonds is 8. The van der Waals surface area contributed by atoms with Crippen LogP contribution in [-0.2, 0) is 11.2 Å². The fourth-order valence-corrected chi connectivity index (χ4v) is 2.11. The number of nitrogens with two attached hydrogens (primary N) is 1. The number of nitrogens with one attached hydrogen (secondary N) is 2. The van der Waals surface area contributed by atoms with Crippen LogP contribution in [0.15, 0.2) is 28.8 Å². The lowest BCUT2D eigenvalue weighted by molar-refractivity contribution is -0.116. The number of anilines is 1. The normalized spacial score (nSPS) is 10.3. The van der Waals surface area contributed by atoms with E-state index in [1.54, 1.807) is 24.3 Å². The van der Waals surface area contributed by atoms with E-state index in [1.165, 1.54) is 0 Å². The largest absolute Gasteiger partial charge is 0.351 e. The molecule has 26 heavy (non-hydrogen) atoms. The molecule has 0 saturated heterocycles. The second kappa shape index (κ2) is 10.5. The molecule has 0 aliphatic heterocycles. The van der Waals surface area contributed by atoms with Crippen molar-refractivity contribution >= 4 is 29.9 Å². The molecule has 0 saturated carbocycles. The number of carbonyl (C=O) groups is 2. The van der Waals surface area contributed by atoms with Crippen molar-refractivity contribution in [1.82, 2.24) is 15.5 Å². The summed E-state index contributed by atoms with van der Waals surface area (Å²) in [6, 6.07) is 6.81. The van der Waals surface area contributed by atoms with Crippen molar-refractivity contribution in [3.8, 4) is 0 Å². The third kappa shape index (κ3) is 6.12. The van der Waals surface area contributed by atoms with Crippen molar-refractivity contribution in [3.63, 3.8) is 0 Å². The second-order valence-corrected chi connectivity index (χ2v) is 5.84. The van der Waals surface area contributed by atoms with Gasteiger partial charge >= 0.3 is 0 Å². The van der Waals surface area contributed by atoms with Gasteiger partial charge in [-0.1, -0.05) is 31.1 Å². The molecule has 8 nitrogen and oxygen atoms in total. The highest BCUT2D eigenvalue weighted by molar-refractivity contribution is 6.03. The molecule has 9 heteroatoms. The summed E-state index contributed by atoms with van der Waals surface area (Å²) < 4.78 is 5.12. The van der Waals surface area contributed by atoms with Gasteiger partial charge in [-0.15, -0.1) is 12.4 Å². The van der Waals surface area contributed by atoms with Gasteiger partial charge in [0, 0.05) is 31.8 Å². The van der Waals surface area contributed by atoms with Crippen molar-refractivity contribution in [2.24, 2.45) is 5.73 Å². The minimum atomic E-state index is -0.278. The van der Waals surface area contributed by atoms with Crippen LogP contribution in [0.2, 0.25) is 0 Å². The van der Waals surface area contributed by atoms with Gasteiger partial charge in [0.1, 0.15) is 0 Å². The molecule has 1 heterocycles. The van der Waals surface area contributed by atoms with Crippen LogP contribution in [0.5, 0.6) is 0 Å². The van der Waals surface area contributed by atoms with Gasteiger partial charge in [0.15, 0.2) is 5.82 Å². The first kappa shape index (κ1) is 21.6. The number of nitrogens with zero attached hydrogens (tertiary/aromatic N) is 2. The van der Waals surface area contributed by atoms with Crippen molar-refractivity contribution in [2.45, 2.75) is 32.6 Å². The van der Waals surface area contributed by atoms with Gasteiger partial charge in [-0.2, -0.15) is 4.98 Å². The van der Waals surface area contributed by atoms with Crippen LogP contribution in [0.1, 0.15) is 48.3 Å². The minimum Gasteiger partial charge on any atom is -0.351 e. The lowest BCUT2D eigenvalue weighted by Gasteiger charge is -2.10. The molecule has 0 radical (unpaired) electrons. The standard InChI is InChI=1S/C17H23N5O3.ClH/c1-11(2)16-21-15(25-22-16)8-7-14(23)20-13-6-4-3-5-12(13)17(24)19-10-9-18;/h3-6,11H,7-10,18H2,1-2H3,(H,19,24)(H,20,23);1H. The quantitative estimate of drug-likeness (QED) is 0.641. The molecule has 0 unspecified atom stereocenters. The molecule has 2 amide bonds. The Morgan fingerprint density at radius 1 is 1.27 bits per heavy atom. The van der Waals surface area contributed by atoms with E-state index in [9.17, 15) is 9.59 Å². The maximum absolute atomic E-state index is 12.2. The van der Waals surface area contributed by atoms with E-state index in [1.807, 2.05) is 13.8 Å². The molecule has 142 valence electrons. The molecule has 0 bridgehead atoms. The Kier molecular flexibility index (Phi) is 8.74. The summed E-state index contributed by atoms with van der Waals surface area (Å²) in [6.45, 7) is 4.65. The highest BCUT2D eigenvalue weighted by Crippen LogP contribution is 2.16. The van der Waals surface area contributed by atoms with Gasteiger partial charge in [0.2, 0.25) is 11.8 Å². The lowest BCUT2D eigenvalue weighted by Crippen LogP contribution is -2.30. The number of hydrogen-bond acceptors (Lipinski definition) is 6. The number of benzene rings is 1. The van der Waals surface area contributed by atoms with E-state index in [2.05, 4.69) is 20.8 Å². The van der Waals surface area contributed by atoms with Gasteiger partial charge < -0.3 is 20.9 Å². The Morgan fingerprint density at radius 2 is 2.00 bits per heavy atom. The third-order valence-corrected chi connectivity index (χ3v) is 3.44. The summed E-state index contributed by atoms with van der Waals surface area (Å²) >= 11 is 0. The first-order valence-electron chi connectivity index (χ1n) is 8.21. The molecule has 4 N–H and O–H groups in total. The van der Waals surface area contributed by atoms with Gasteiger partial charge in [-0.25, -0.2) is 0 Å². The molecule has 0 atom stereocenters. The van der Waals surface area contributed by atoms with Crippen LogP contribution in [0.4, 0.5) is 5.69 Å². The number of aromatic nitrogens is 2. The van der Waals surface area contributed by atoms with Crippen LogP contribution >= 0.6 is 12.4 Å². The fourth-order valence-electron chi connectivity index (χ4n) is 2.11. The number of aryl methyl sites for hydroxylation is 1. The average Bonchev–Trinajstić information content (AvgIpc) is 3.08. The summed E-state index contributed by atoms with van der Waals surface area (Å²) in [5, 5.41) is 9.29. The molecule has 0 aliphatic carbocycles. The highest BCUT2D eigenvalue weighted by Gasteiger charge is 2.14. The van der Waals surface area contributed by atoms with Crippen molar-refractivity contribution in [2.75, 3.05) is 18.4 Å². The van der Waals surface area contributed by atoms with Gasteiger partial charge in [0.05, 0.1) is 11.3 Å².